The van der Waals surface area contributed by atoms with Crippen LogP contribution >= 0.6 is 0 Å². The van der Waals surface area contributed by atoms with Gasteiger partial charge in [-0.2, -0.15) is 0 Å². The third kappa shape index (κ3) is 1.71. The topological polar surface area (TPSA) is 17.1 Å². The Bertz CT molecular complexity index is 456. The van der Waals surface area contributed by atoms with Crippen molar-refractivity contribution < 1.29 is 4.79 Å². The van der Waals surface area contributed by atoms with E-state index in [9.17, 15) is 4.79 Å². The number of rotatable bonds is 1. The molecule has 0 saturated heterocycles. The normalized spacial score (nSPS) is 24.6. The average molecular weight is 214 g/mol. The molecule has 0 fully saturated rings. The van der Waals surface area contributed by atoms with E-state index in [0.29, 0.717) is 5.92 Å². The quantitative estimate of drug-likeness (QED) is 0.651. The Balaban J connectivity index is 2.53. The van der Waals surface area contributed by atoms with Crippen molar-refractivity contribution in [3.05, 3.63) is 46.6 Å². The molecule has 2 rings (SSSR count). The summed E-state index contributed by atoms with van der Waals surface area (Å²) in [5.74, 6) is 0.761. The molecule has 0 spiro atoms. The molecule has 0 saturated carbocycles. The van der Waals surface area contributed by atoms with Crippen LogP contribution in [0.1, 0.15) is 27.7 Å². The zero-order chi connectivity index (χ0) is 11.9. The van der Waals surface area contributed by atoms with E-state index in [2.05, 4.69) is 39.0 Å². The summed E-state index contributed by atoms with van der Waals surface area (Å²) in [6.07, 6.45) is 8.28. The van der Waals surface area contributed by atoms with Crippen LogP contribution in [0, 0.1) is 11.8 Å². The highest BCUT2D eigenvalue weighted by molar-refractivity contribution is 6.01. The first-order chi connectivity index (χ1) is 7.50. The predicted molar refractivity (Wildman–Crippen MR) is 67.0 cm³/mol. The fourth-order valence-electron chi connectivity index (χ4n) is 2.18. The lowest BCUT2D eigenvalue weighted by Crippen LogP contribution is -2.04. The molecule has 0 aliphatic heterocycles. The summed E-state index contributed by atoms with van der Waals surface area (Å²) in [6, 6.07) is 0. The van der Waals surface area contributed by atoms with Gasteiger partial charge in [0.2, 0.25) is 0 Å². The Morgan fingerprint density at radius 2 is 1.88 bits per heavy atom. The van der Waals surface area contributed by atoms with Gasteiger partial charge in [0.15, 0.2) is 5.78 Å². The van der Waals surface area contributed by atoms with Crippen LogP contribution < -0.4 is 0 Å². The highest BCUT2D eigenvalue weighted by atomic mass is 16.1. The third-order valence-corrected chi connectivity index (χ3v) is 3.43. The van der Waals surface area contributed by atoms with Crippen LogP contribution in [-0.2, 0) is 4.79 Å². The van der Waals surface area contributed by atoms with E-state index >= 15 is 0 Å². The molecule has 0 aromatic rings. The minimum atomic E-state index is 0.0265. The van der Waals surface area contributed by atoms with Gasteiger partial charge in [0.05, 0.1) is 0 Å². The predicted octanol–water partition coefficient (Wildman–Crippen LogP) is 3.60. The van der Waals surface area contributed by atoms with Crippen molar-refractivity contribution in [3.63, 3.8) is 0 Å². The van der Waals surface area contributed by atoms with Crippen molar-refractivity contribution in [2.24, 2.45) is 11.8 Å². The zero-order valence-electron chi connectivity index (χ0n) is 10.4. The lowest BCUT2D eigenvalue weighted by atomic mass is 9.93. The van der Waals surface area contributed by atoms with Crippen LogP contribution in [0.3, 0.4) is 0 Å². The van der Waals surface area contributed by atoms with Gasteiger partial charge in [-0.15, -0.1) is 0 Å². The van der Waals surface area contributed by atoms with Gasteiger partial charge < -0.3 is 0 Å². The molecule has 0 amide bonds. The largest absolute Gasteiger partial charge is 0.294 e. The van der Waals surface area contributed by atoms with Crippen LogP contribution in [0.25, 0.3) is 0 Å². The Labute approximate surface area is 97.2 Å². The number of allylic oxidation sites excluding steroid dienone is 8. The van der Waals surface area contributed by atoms with Gasteiger partial charge in [0, 0.05) is 5.92 Å². The number of fused-ring (bicyclic) bond motifs is 1. The van der Waals surface area contributed by atoms with Gasteiger partial charge in [-0.25, -0.2) is 0 Å². The summed E-state index contributed by atoms with van der Waals surface area (Å²) in [4.78, 5) is 11.7. The number of hydrogen-bond acceptors (Lipinski definition) is 1. The van der Waals surface area contributed by atoms with Gasteiger partial charge >= 0.3 is 0 Å². The van der Waals surface area contributed by atoms with Crippen molar-refractivity contribution in [2.45, 2.75) is 27.7 Å². The fourth-order valence-corrected chi connectivity index (χ4v) is 2.18. The second kappa shape index (κ2) is 3.89. The Morgan fingerprint density at radius 3 is 2.50 bits per heavy atom. The van der Waals surface area contributed by atoms with Gasteiger partial charge in [-0.3, -0.25) is 4.79 Å². The van der Waals surface area contributed by atoms with Crippen LogP contribution in [0.2, 0.25) is 0 Å². The summed E-state index contributed by atoms with van der Waals surface area (Å²) in [5.41, 5.74) is 4.82. The van der Waals surface area contributed by atoms with Crippen LogP contribution in [0.5, 0.6) is 0 Å². The van der Waals surface area contributed by atoms with Crippen molar-refractivity contribution >= 4 is 5.78 Å². The Morgan fingerprint density at radius 1 is 1.19 bits per heavy atom. The maximum atomic E-state index is 11.7. The monoisotopic (exact) mass is 214 g/mol. The number of carbonyl (C=O) groups excluding carboxylic acids is 1. The highest BCUT2D eigenvalue weighted by Gasteiger charge is 2.28. The first kappa shape index (κ1) is 11.1. The number of hydrogen-bond donors (Lipinski definition) is 0. The Hall–Kier alpha value is -1.37. The standard InChI is InChI=1S/C15H18O/c1-9(2)12-6-5-10(3)13-8-15(16)11(4)14(13)7-12/h5-9,11H,1-4H3. The smallest absolute Gasteiger partial charge is 0.163 e. The summed E-state index contributed by atoms with van der Waals surface area (Å²) >= 11 is 0. The molecule has 2 aliphatic rings. The van der Waals surface area contributed by atoms with Gasteiger partial charge in [0.25, 0.3) is 0 Å². The molecule has 0 radical (unpaired) electrons. The van der Waals surface area contributed by atoms with E-state index < -0.39 is 0 Å². The SMILES string of the molecule is CC1=CC=C(C(C)C)C=C2C1=CC(=O)C2C. The zero-order valence-corrected chi connectivity index (χ0v) is 10.4. The first-order valence-electron chi connectivity index (χ1n) is 5.87. The van der Waals surface area contributed by atoms with Gasteiger partial charge in [-0.1, -0.05) is 39.0 Å². The second-order valence-electron chi connectivity index (χ2n) is 4.95. The molecule has 1 atom stereocenters. The van der Waals surface area contributed by atoms with Crippen molar-refractivity contribution in [1.29, 1.82) is 0 Å². The summed E-state index contributed by atoms with van der Waals surface area (Å²) in [5, 5.41) is 0. The molecule has 0 aromatic heterocycles. The second-order valence-corrected chi connectivity index (χ2v) is 4.95. The van der Waals surface area contributed by atoms with Crippen molar-refractivity contribution in [2.75, 3.05) is 0 Å². The van der Waals surface area contributed by atoms with E-state index in [4.69, 9.17) is 0 Å². The summed E-state index contributed by atoms with van der Waals surface area (Å²) in [7, 11) is 0. The minimum Gasteiger partial charge on any atom is -0.294 e. The molecular formula is C15H18O. The molecule has 84 valence electrons. The summed E-state index contributed by atoms with van der Waals surface area (Å²) in [6.45, 7) is 8.43. The lowest BCUT2D eigenvalue weighted by Gasteiger charge is -2.10. The maximum absolute atomic E-state index is 11.7. The highest BCUT2D eigenvalue weighted by Crippen LogP contribution is 2.36. The average Bonchev–Trinajstić information content (AvgIpc) is 2.42. The molecule has 1 heteroatoms. The van der Waals surface area contributed by atoms with Crippen molar-refractivity contribution in [1.82, 2.24) is 0 Å². The molecule has 16 heavy (non-hydrogen) atoms. The van der Waals surface area contributed by atoms with Gasteiger partial charge in [-0.05, 0) is 41.2 Å². The number of ketones is 1. The van der Waals surface area contributed by atoms with Gasteiger partial charge in [0.1, 0.15) is 0 Å². The van der Waals surface area contributed by atoms with E-state index in [-0.39, 0.29) is 11.7 Å². The van der Waals surface area contributed by atoms with E-state index in [0.717, 1.165) is 5.57 Å². The van der Waals surface area contributed by atoms with E-state index in [1.54, 1.807) is 6.08 Å². The van der Waals surface area contributed by atoms with E-state index in [1.165, 1.54) is 16.7 Å². The number of carbonyl (C=O) groups is 1. The molecular weight excluding hydrogens is 196 g/mol. The molecule has 0 N–H and O–H groups in total. The molecule has 1 unspecified atom stereocenters. The van der Waals surface area contributed by atoms with Crippen LogP contribution in [-0.4, -0.2) is 5.78 Å². The first-order valence-corrected chi connectivity index (χ1v) is 5.87. The Kier molecular flexibility index (Phi) is 2.71. The molecule has 2 aliphatic carbocycles. The van der Waals surface area contributed by atoms with Crippen LogP contribution in [0.4, 0.5) is 0 Å². The minimum absolute atomic E-state index is 0.0265. The van der Waals surface area contributed by atoms with Crippen molar-refractivity contribution in [3.8, 4) is 0 Å². The van der Waals surface area contributed by atoms with E-state index in [1.807, 2.05) is 6.92 Å². The molecule has 1 nitrogen and oxygen atoms in total. The molecule has 0 bridgehead atoms. The summed E-state index contributed by atoms with van der Waals surface area (Å²) < 4.78 is 0. The fraction of sp³-hybridized carbons (Fsp3) is 0.400. The third-order valence-electron chi connectivity index (χ3n) is 3.43. The molecule has 0 aromatic carbocycles. The lowest BCUT2D eigenvalue weighted by molar-refractivity contribution is -0.116. The maximum Gasteiger partial charge on any atom is 0.163 e. The molecule has 0 heterocycles. The van der Waals surface area contributed by atoms with Crippen LogP contribution in [0.15, 0.2) is 46.6 Å².